The number of aromatic nitrogens is 4. The Morgan fingerprint density at radius 1 is 1.12 bits per heavy atom. The Morgan fingerprint density at radius 2 is 1.85 bits per heavy atom. The molecule has 1 aliphatic rings. The van der Waals surface area contributed by atoms with Crippen LogP contribution in [0, 0.1) is 0 Å². The molecule has 0 amide bonds. The Bertz CT molecular complexity index is 1320. The second kappa shape index (κ2) is 9.24. The fourth-order valence-corrected chi connectivity index (χ4v) is 5.72. The second-order valence-electron chi connectivity index (χ2n) is 8.21. The molecular weight excluding hydrogens is 444 g/mol. The van der Waals surface area contributed by atoms with Crippen molar-refractivity contribution in [1.82, 2.24) is 29.0 Å². The third-order valence-corrected chi connectivity index (χ3v) is 7.77. The van der Waals surface area contributed by atoms with Crippen LogP contribution in [0.5, 0.6) is 5.75 Å². The number of H-pyrrole nitrogens is 1. The third-order valence-electron chi connectivity index (χ3n) is 5.85. The summed E-state index contributed by atoms with van der Waals surface area (Å²) in [6, 6.07) is 4.92. The van der Waals surface area contributed by atoms with E-state index in [1.54, 1.807) is 32.2 Å². The monoisotopic (exact) mass is 474 g/mol. The van der Waals surface area contributed by atoms with Crippen LogP contribution in [0.3, 0.4) is 0 Å². The number of sulfonamides is 1. The molecule has 0 unspecified atom stereocenters. The molecule has 2 aromatic heterocycles. The van der Waals surface area contributed by atoms with Crippen molar-refractivity contribution in [3.8, 4) is 17.1 Å². The Labute approximate surface area is 193 Å². The third kappa shape index (κ3) is 4.28. The predicted octanol–water partition coefficient (Wildman–Crippen LogP) is 1.61. The number of nitrogens with zero attached hydrogens (tertiary/aromatic N) is 5. The van der Waals surface area contributed by atoms with Crippen LogP contribution in [0.4, 0.5) is 0 Å². The summed E-state index contributed by atoms with van der Waals surface area (Å²) >= 11 is 0. The highest BCUT2D eigenvalue weighted by atomic mass is 32.2. The summed E-state index contributed by atoms with van der Waals surface area (Å²) in [6.45, 7) is 6.24. The molecule has 1 N–H and O–H groups in total. The number of aryl methyl sites for hydroxylation is 2. The summed E-state index contributed by atoms with van der Waals surface area (Å²) in [5.74, 6) is 0.457. The minimum Gasteiger partial charge on any atom is -0.492 e. The quantitative estimate of drug-likeness (QED) is 0.553. The van der Waals surface area contributed by atoms with Crippen LogP contribution in [-0.4, -0.2) is 77.2 Å². The van der Waals surface area contributed by atoms with Gasteiger partial charge in [-0.05, 0) is 32.5 Å². The number of hydrogen-bond acceptors (Lipinski definition) is 7. The number of likely N-dealkylation sites (N-methyl/N-ethyl adjacent to an activating group) is 1. The number of fused-ring (bicyclic) bond motifs is 1. The molecule has 10 nitrogen and oxygen atoms in total. The number of piperazine rings is 1. The maximum Gasteiger partial charge on any atom is 0.277 e. The van der Waals surface area contributed by atoms with E-state index in [0.29, 0.717) is 49.2 Å². The van der Waals surface area contributed by atoms with Crippen molar-refractivity contribution in [2.24, 2.45) is 7.05 Å². The molecule has 11 heteroatoms. The lowest BCUT2D eigenvalue weighted by Crippen LogP contribution is -2.47. The molecule has 0 radical (unpaired) electrons. The van der Waals surface area contributed by atoms with Gasteiger partial charge < -0.3 is 14.6 Å². The standard InChI is InChI=1S/C22H30N6O4S/c1-5-8-16-18-19(27(4)25-16)22(29)24-21(23-18)15-9-7-10-17(20(15)32-6-2)33(30,31)28-13-11-26(3)12-14-28/h7,9-10H,5-6,8,11-14H2,1-4H3,(H,23,24,29). The number of ether oxygens (including phenoxy) is 1. The van der Waals surface area contributed by atoms with E-state index >= 15 is 0 Å². The molecule has 3 aromatic rings. The van der Waals surface area contributed by atoms with Crippen LogP contribution in [0.25, 0.3) is 22.4 Å². The van der Waals surface area contributed by atoms with Crippen LogP contribution in [0.15, 0.2) is 27.9 Å². The molecule has 0 bridgehead atoms. The lowest BCUT2D eigenvalue weighted by molar-refractivity contribution is 0.222. The van der Waals surface area contributed by atoms with Crippen molar-refractivity contribution < 1.29 is 13.2 Å². The topological polar surface area (TPSA) is 113 Å². The van der Waals surface area contributed by atoms with Crippen LogP contribution in [-0.2, 0) is 23.5 Å². The highest BCUT2D eigenvalue weighted by Crippen LogP contribution is 2.36. The molecule has 0 atom stereocenters. The van der Waals surface area contributed by atoms with E-state index in [-0.39, 0.29) is 28.6 Å². The number of hydrogen-bond donors (Lipinski definition) is 1. The first kappa shape index (κ1) is 23.4. The zero-order chi connectivity index (χ0) is 23.8. The summed E-state index contributed by atoms with van der Waals surface area (Å²) in [5, 5.41) is 4.45. The van der Waals surface area contributed by atoms with E-state index < -0.39 is 10.0 Å². The molecule has 1 fully saturated rings. The van der Waals surface area contributed by atoms with Crippen molar-refractivity contribution in [3.63, 3.8) is 0 Å². The average molecular weight is 475 g/mol. The number of benzene rings is 1. The van der Waals surface area contributed by atoms with Gasteiger partial charge in [-0.15, -0.1) is 0 Å². The zero-order valence-corrected chi connectivity index (χ0v) is 20.3. The first-order valence-electron chi connectivity index (χ1n) is 11.2. The van der Waals surface area contributed by atoms with Gasteiger partial charge in [-0.1, -0.05) is 19.4 Å². The maximum atomic E-state index is 13.5. The first-order chi connectivity index (χ1) is 15.8. The number of para-hydroxylation sites is 1. The van der Waals surface area contributed by atoms with E-state index in [9.17, 15) is 13.2 Å². The number of nitrogens with one attached hydrogen (secondary N) is 1. The molecule has 4 rings (SSSR count). The lowest BCUT2D eigenvalue weighted by atomic mass is 10.1. The highest BCUT2D eigenvalue weighted by Gasteiger charge is 2.32. The number of rotatable bonds is 7. The second-order valence-corrected chi connectivity index (χ2v) is 10.1. The molecule has 0 spiro atoms. The van der Waals surface area contributed by atoms with E-state index in [4.69, 9.17) is 9.72 Å². The molecule has 178 valence electrons. The van der Waals surface area contributed by atoms with Gasteiger partial charge in [0.25, 0.3) is 5.56 Å². The van der Waals surface area contributed by atoms with Crippen LogP contribution in [0.2, 0.25) is 0 Å². The largest absolute Gasteiger partial charge is 0.492 e. The molecule has 1 saturated heterocycles. The van der Waals surface area contributed by atoms with Gasteiger partial charge in [0.05, 0.1) is 17.9 Å². The highest BCUT2D eigenvalue weighted by molar-refractivity contribution is 7.89. The van der Waals surface area contributed by atoms with Gasteiger partial charge in [0.15, 0.2) is 5.52 Å². The Kier molecular flexibility index (Phi) is 6.55. The zero-order valence-electron chi connectivity index (χ0n) is 19.5. The lowest BCUT2D eigenvalue weighted by Gasteiger charge is -2.32. The summed E-state index contributed by atoms with van der Waals surface area (Å²) in [4.78, 5) is 22.6. The molecule has 1 aliphatic heterocycles. The van der Waals surface area contributed by atoms with Crippen molar-refractivity contribution in [3.05, 3.63) is 34.2 Å². The van der Waals surface area contributed by atoms with Crippen molar-refractivity contribution >= 4 is 21.1 Å². The van der Waals surface area contributed by atoms with E-state index in [0.717, 1.165) is 12.1 Å². The average Bonchev–Trinajstić information content (AvgIpc) is 3.10. The van der Waals surface area contributed by atoms with Crippen LogP contribution < -0.4 is 10.3 Å². The molecule has 33 heavy (non-hydrogen) atoms. The van der Waals surface area contributed by atoms with Gasteiger partial charge in [-0.25, -0.2) is 13.4 Å². The van der Waals surface area contributed by atoms with Crippen LogP contribution in [0.1, 0.15) is 26.0 Å². The molecule has 0 aliphatic carbocycles. The Morgan fingerprint density at radius 3 is 2.52 bits per heavy atom. The smallest absolute Gasteiger partial charge is 0.277 e. The van der Waals surface area contributed by atoms with Gasteiger partial charge in [0, 0.05) is 33.2 Å². The minimum atomic E-state index is -3.79. The summed E-state index contributed by atoms with van der Waals surface area (Å²) in [7, 11) is -0.102. The molecule has 1 aromatic carbocycles. The fourth-order valence-electron chi connectivity index (χ4n) is 4.15. The van der Waals surface area contributed by atoms with E-state index in [1.807, 2.05) is 14.0 Å². The summed E-state index contributed by atoms with van der Waals surface area (Å²) < 4.78 is 35.9. The predicted molar refractivity (Wildman–Crippen MR) is 126 cm³/mol. The van der Waals surface area contributed by atoms with Crippen molar-refractivity contribution in [2.45, 2.75) is 31.6 Å². The van der Waals surface area contributed by atoms with Gasteiger partial charge in [-0.3, -0.25) is 9.48 Å². The molecule has 0 saturated carbocycles. The normalized spacial score (nSPS) is 15.9. The SMILES string of the molecule is CCCc1nn(C)c2c(=O)[nH]c(-c3cccc(S(=O)(=O)N4CCN(C)CC4)c3OCC)nc12. The van der Waals surface area contributed by atoms with Crippen molar-refractivity contribution in [2.75, 3.05) is 39.8 Å². The fraction of sp³-hybridized carbons (Fsp3) is 0.500. The van der Waals surface area contributed by atoms with Gasteiger partial charge >= 0.3 is 0 Å². The van der Waals surface area contributed by atoms with Gasteiger partial charge in [-0.2, -0.15) is 9.40 Å². The summed E-state index contributed by atoms with van der Waals surface area (Å²) in [6.07, 6.45) is 1.54. The summed E-state index contributed by atoms with van der Waals surface area (Å²) in [5.41, 5.74) is 1.75. The van der Waals surface area contributed by atoms with Crippen molar-refractivity contribution in [1.29, 1.82) is 0 Å². The van der Waals surface area contributed by atoms with E-state index in [2.05, 4.69) is 15.0 Å². The van der Waals surface area contributed by atoms with Crippen LogP contribution >= 0.6 is 0 Å². The number of aromatic amines is 1. The maximum absolute atomic E-state index is 13.5. The first-order valence-corrected chi connectivity index (χ1v) is 12.6. The Hall–Kier alpha value is -2.76. The molecular formula is C22H30N6O4S. The van der Waals surface area contributed by atoms with Gasteiger partial charge in [0.1, 0.15) is 22.0 Å². The Balaban J connectivity index is 1.88. The minimum absolute atomic E-state index is 0.0779. The molecule has 3 heterocycles. The van der Waals surface area contributed by atoms with Gasteiger partial charge in [0.2, 0.25) is 10.0 Å². The van der Waals surface area contributed by atoms with E-state index in [1.165, 1.54) is 8.99 Å².